The summed E-state index contributed by atoms with van der Waals surface area (Å²) >= 11 is 6.01. The van der Waals surface area contributed by atoms with Crippen LogP contribution in [0.2, 0.25) is 5.02 Å². The van der Waals surface area contributed by atoms with Gasteiger partial charge in [-0.05, 0) is 61.1 Å². The van der Waals surface area contributed by atoms with Crippen molar-refractivity contribution in [3.8, 4) is 0 Å². The van der Waals surface area contributed by atoms with Gasteiger partial charge in [0.05, 0.1) is 12.5 Å². The maximum Gasteiger partial charge on any atom is 0.333 e. The van der Waals surface area contributed by atoms with Crippen molar-refractivity contribution in [1.82, 2.24) is 9.80 Å². The monoisotopic (exact) mass is 500 g/mol. The first kappa shape index (κ1) is 24.9. The normalized spacial score (nSPS) is 20.5. The number of barbiturate groups is 1. The number of nitrogens with zero attached hydrogens (tertiary/aromatic N) is 2. The van der Waals surface area contributed by atoms with Crippen molar-refractivity contribution in [3.05, 3.63) is 70.5 Å². The SMILES string of the molecule is O=C(OCCc1cccc(F)c1)[C@H]1CC[C@@H](N2C(=O)CC(=O)N(CCc3cccc(Cl)c3)C2=O)C1. The third-order valence-corrected chi connectivity index (χ3v) is 6.68. The van der Waals surface area contributed by atoms with E-state index < -0.39 is 35.8 Å². The van der Waals surface area contributed by atoms with Gasteiger partial charge in [-0.25, -0.2) is 9.18 Å². The molecule has 0 N–H and O–H groups in total. The summed E-state index contributed by atoms with van der Waals surface area (Å²) in [4.78, 5) is 52.9. The first-order chi connectivity index (χ1) is 16.8. The molecule has 0 spiro atoms. The molecule has 0 bridgehead atoms. The van der Waals surface area contributed by atoms with Crippen molar-refractivity contribution < 1.29 is 28.3 Å². The van der Waals surface area contributed by atoms with E-state index in [1.807, 2.05) is 6.07 Å². The number of esters is 1. The third kappa shape index (κ3) is 6.06. The number of benzene rings is 2. The topological polar surface area (TPSA) is 84.0 Å². The molecule has 1 aliphatic carbocycles. The van der Waals surface area contributed by atoms with E-state index in [9.17, 15) is 23.6 Å². The molecule has 2 aromatic rings. The highest BCUT2D eigenvalue weighted by molar-refractivity contribution is 6.30. The molecular formula is C26H26ClFN2O5. The van der Waals surface area contributed by atoms with Crippen LogP contribution in [0.5, 0.6) is 0 Å². The Balaban J connectivity index is 1.32. The van der Waals surface area contributed by atoms with Gasteiger partial charge in [-0.2, -0.15) is 0 Å². The van der Waals surface area contributed by atoms with Crippen LogP contribution in [0.25, 0.3) is 0 Å². The maximum absolute atomic E-state index is 13.3. The molecular weight excluding hydrogens is 475 g/mol. The van der Waals surface area contributed by atoms with Gasteiger partial charge in [0.25, 0.3) is 0 Å². The van der Waals surface area contributed by atoms with E-state index in [0.717, 1.165) is 20.9 Å². The molecule has 1 saturated carbocycles. The van der Waals surface area contributed by atoms with Crippen LogP contribution < -0.4 is 0 Å². The summed E-state index contributed by atoms with van der Waals surface area (Å²) in [7, 11) is 0. The number of amides is 4. The van der Waals surface area contributed by atoms with Crippen molar-refractivity contribution in [2.75, 3.05) is 13.2 Å². The number of hydrogen-bond donors (Lipinski definition) is 0. The summed E-state index contributed by atoms with van der Waals surface area (Å²) < 4.78 is 18.7. The number of carbonyl (C=O) groups excluding carboxylic acids is 4. The summed E-state index contributed by atoms with van der Waals surface area (Å²) in [6.07, 6.45) is 1.69. The minimum atomic E-state index is -0.640. The Kier molecular flexibility index (Phi) is 7.80. The van der Waals surface area contributed by atoms with E-state index in [0.29, 0.717) is 37.1 Å². The Morgan fingerprint density at radius 2 is 1.74 bits per heavy atom. The second kappa shape index (κ2) is 11.0. The minimum absolute atomic E-state index is 0.122. The predicted octanol–water partition coefficient (Wildman–Crippen LogP) is 4.16. The zero-order valence-corrected chi connectivity index (χ0v) is 19.9. The third-order valence-electron chi connectivity index (χ3n) is 6.45. The largest absolute Gasteiger partial charge is 0.465 e. The van der Waals surface area contributed by atoms with Crippen molar-refractivity contribution in [1.29, 1.82) is 0 Å². The van der Waals surface area contributed by atoms with Gasteiger partial charge in [0.2, 0.25) is 11.8 Å². The number of hydrogen-bond acceptors (Lipinski definition) is 5. The van der Waals surface area contributed by atoms with Crippen LogP contribution in [0.1, 0.15) is 36.8 Å². The molecule has 0 aromatic heterocycles. The van der Waals surface area contributed by atoms with Crippen LogP contribution >= 0.6 is 11.6 Å². The second-order valence-electron chi connectivity index (χ2n) is 8.86. The highest BCUT2D eigenvalue weighted by Crippen LogP contribution is 2.33. The maximum atomic E-state index is 13.3. The molecule has 7 nitrogen and oxygen atoms in total. The smallest absolute Gasteiger partial charge is 0.333 e. The number of halogens is 2. The van der Waals surface area contributed by atoms with Gasteiger partial charge in [-0.15, -0.1) is 0 Å². The molecule has 2 atom stereocenters. The first-order valence-electron chi connectivity index (χ1n) is 11.6. The number of carbonyl (C=O) groups is 4. The Morgan fingerprint density at radius 1 is 1.00 bits per heavy atom. The zero-order valence-electron chi connectivity index (χ0n) is 19.1. The van der Waals surface area contributed by atoms with E-state index in [2.05, 4.69) is 0 Å². The lowest BCUT2D eigenvalue weighted by molar-refractivity contribution is -0.149. The minimum Gasteiger partial charge on any atom is -0.465 e. The van der Waals surface area contributed by atoms with E-state index in [-0.39, 0.29) is 25.4 Å². The standard InChI is InChI=1S/C26H26ClFN2O5/c27-20-5-1-3-17(13-20)9-11-29-23(31)16-24(32)30(26(29)34)22-8-7-19(15-22)25(33)35-12-10-18-4-2-6-21(28)14-18/h1-6,13-14,19,22H,7-12,15-16H2/t19-,22+/m0/s1. The van der Waals surface area contributed by atoms with E-state index in [1.165, 1.54) is 12.1 Å². The number of ether oxygens (including phenoxy) is 1. The van der Waals surface area contributed by atoms with Gasteiger partial charge in [0.15, 0.2) is 0 Å². The Bertz CT molecular complexity index is 1140. The van der Waals surface area contributed by atoms with Crippen LogP contribution in [0.4, 0.5) is 9.18 Å². The molecule has 35 heavy (non-hydrogen) atoms. The summed E-state index contributed by atoms with van der Waals surface area (Å²) in [6, 6.07) is 12.2. The van der Waals surface area contributed by atoms with Gasteiger partial charge in [-0.3, -0.25) is 24.2 Å². The zero-order chi connectivity index (χ0) is 24.9. The van der Waals surface area contributed by atoms with Gasteiger partial charge >= 0.3 is 12.0 Å². The molecule has 2 aliphatic rings. The molecule has 0 unspecified atom stereocenters. The number of imide groups is 2. The van der Waals surface area contributed by atoms with Crippen LogP contribution in [-0.2, 0) is 32.0 Å². The predicted molar refractivity (Wildman–Crippen MR) is 126 cm³/mol. The summed E-state index contributed by atoms with van der Waals surface area (Å²) in [5, 5.41) is 0.565. The highest BCUT2D eigenvalue weighted by atomic mass is 35.5. The van der Waals surface area contributed by atoms with Crippen molar-refractivity contribution in [2.45, 2.75) is 44.6 Å². The van der Waals surface area contributed by atoms with Crippen molar-refractivity contribution in [3.63, 3.8) is 0 Å². The lowest BCUT2D eigenvalue weighted by Gasteiger charge is -2.36. The molecule has 184 valence electrons. The Labute approximate surface area is 207 Å². The molecule has 1 aliphatic heterocycles. The average Bonchev–Trinajstić information content (AvgIpc) is 3.28. The van der Waals surface area contributed by atoms with Crippen LogP contribution in [0.15, 0.2) is 48.5 Å². The van der Waals surface area contributed by atoms with Gasteiger partial charge in [0.1, 0.15) is 12.2 Å². The molecule has 2 fully saturated rings. The molecule has 4 rings (SSSR count). The average molecular weight is 501 g/mol. The molecule has 4 amide bonds. The van der Waals surface area contributed by atoms with Crippen LogP contribution in [0, 0.1) is 11.7 Å². The van der Waals surface area contributed by atoms with Gasteiger partial charge < -0.3 is 4.74 Å². The quantitative estimate of drug-likeness (QED) is 0.401. The van der Waals surface area contributed by atoms with Crippen LogP contribution in [0.3, 0.4) is 0 Å². The second-order valence-corrected chi connectivity index (χ2v) is 9.30. The van der Waals surface area contributed by atoms with Crippen molar-refractivity contribution >= 4 is 35.4 Å². The highest BCUT2D eigenvalue weighted by Gasteiger charge is 2.45. The van der Waals surface area contributed by atoms with Gasteiger partial charge in [-0.1, -0.05) is 35.9 Å². The number of urea groups is 1. The van der Waals surface area contributed by atoms with E-state index in [1.54, 1.807) is 30.3 Å². The summed E-state index contributed by atoms with van der Waals surface area (Å²) in [5.74, 6) is -2.24. The van der Waals surface area contributed by atoms with E-state index >= 15 is 0 Å². The van der Waals surface area contributed by atoms with Gasteiger partial charge in [0, 0.05) is 24.0 Å². The molecule has 1 heterocycles. The summed E-state index contributed by atoms with van der Waals surface area (Å²) in [5.41, 5.74) is 1.61. The molecule has 9 heteroatoms. The number of rotatable bonds is 8. The lowest BCUT2D eigenvalue weighted by Crippen LogP contribution is -2.58. The molecule has 2 aromatic carbocycles. The Morgan fingerprint density at radius 3 is 2.49 bits per heavy atom. The van der Waals surface area contributed by atoms with E-state index in [4.69, 9.17) is 16.3 Å². The fourth-order valence-corrected chi connectivity index (χ4v) is 4.87. The molecule has 0 radical (unpaired) electrons. The lowest BCUT2D eigenvalue weighted by atomic mass is 10.1. The fourth-order valence-electron chi connectivity index (χ4n) is 4.65. The fraction of sp³-hybridized carbons (Fsp3) is 0.385. The van der Waals surface area contributed by atoms with Crippen LogP contribution in [-0.4, -0.2) is 52.8 Å². The molecule has 1 saturated heterocycles. The first-order valence-corrected chi connectivity index (χ1v) is 12.0. The van der Waals surface area contributed by atoms with Crippen molar-refractivity contribution in [2.24, 2.45) is 5.92 Å². The Hall–Kier alpha value is -3.26. The summed E-state index contributed by atoms with van der Waals surface area (Å²) in [6.45, 7) is 0.261.